The highest BCUT2D eigenvalue weighted by Crippen LogP contribution is 2.33. The number of pyridine rings is 1. The molecular weight excluding hydrogens is 684 g/mol. The standard InChI is InChI=1S/C36H40N6O4.C3H5ClO2/c1-23-11-13-26(14-12-23)42-33(20-31(41-42)36(3,4)5)40-35(44)38-29-15-16-30(28-10-8-7-9-27(28)29)46-21-24(2)25-17-18-37-32(19-25)39-34(43)22-45-6;1-6-2-3(4)5/h7-20,24H,21-22H2,1-6H3,(H,37,39,43)(H2,38,40,44);2H2,1H3. The zero-order chi connectivity index (χ0) is 37.8. The third kappa shape index (κ3) is 11.1. The molecule has 0 aliphatic heterocycles. The molecule has 1 unspecified atom stereocenters. The highest BCUT2D eigenvalue weighted by atomic mass is 35.5. The van der Waals surface area contributed by atoms with Crippen molar-refractivity contribution in [3.8, 4) is 11.4 Å². The maximum absolute atomic E-state index is 13.4. The molecule has 0 aliphatic carbocycles. The third-order valence-electron chi connectivity index (χ3n) is 7.77. The molecule has 3 aromatic carbocycles. The number of halogens is 1. The molecule has 2 heterocycles. The minimum Gasteiger partial charge on any atom is -0.492 e. The molecule has 0 bridgehead atoms. The van der Waals surface area contributed by atoms with Gasteiger partial charge in [0.2, 0.25) is 5.24 Å². The van der Waals surface area contributed by atoms with E-state index < -0.39 is 5.24 Å². The highest BCUT2D eigenvalue weighted by molar-refractivity contribution is 6.63. The van der Waals surface area contributed by atoms with E-state index in [1.54, 1.807) is 10.9 Å². The predicted octanol–water partition coefficient (Wildman–Crippen LogP) is 7.84. The van der Waals surface area contributed by atoms with Crippen LogP contribution in [0.2, 0.25) is 0 Å². The molecule has 2 aromatic heterocycles. The summed E-state index contributed by atoms with van der Waals surface area (Å²) in [4.78, 5) is 39.2. The largest absolute Gasteiger partial charge is 0.492 e. The minimum atomic E-state index is -0.461. The summed E-state index contributed by atoms with van der Waals surface area (Å²) in [5, 5.41) is 14.8. The number of urea groups is 1. The van der Waals surface area contributed by atoms with Crippen molar-refractivity contribution in [2.45, 2.75) is 46.0 Å². The Kier molecular flexibility index (Phi) is 13.9. The van der Waals surface area contributed by atoms with Crippen LogP contribution in [0.25, 0.3) is 16.5 Å². The summed E-state index contributed by atoms with van der Waals surface area (Å²) >= 11 is 4.81. The Balaban J connectivity index is 0.000000929. The van der Waals surface area contributed by atoms with Gasteiger partial charge in [0.25, 0.3) is 5.91 Å². The average molecular weight is 729 g/mol. The van der Waals surface area contributed by atoms with Crippen molar-refractivity contribution in [2.24, 2.45) is 0 Å². The molecule has 3 N–H and O–H groups in total. The normalized spacial score (nSPS) is 11.6. The Bertz CT molecular complexity index is 1990. The molecule has 0 spiro atoms. The molecule has 0 aliphatic rings. The van der Waals surface area contributed by atoms with Gasteiger partial charge in [-0.05, 0) is 60.5 Å². The molecule has 5 aromatic rings. The molecule has 1 atom stereocenters. The molecule has 52 heavy (non-hydrogen) atoms. The van der Waals surface area contributed by atoms with Gasteiger partial charge in [0, 0.05) is 48.6 Å². The summed E-state index contributed by atoms with van der Waals surface area (Å²) < 4.78 is 17.3. The second kappa shape index (κ2) is 18.3. The molecule has 0 fully saturated rings. The first kappa shape index (κ1) is 39.5. The van der Waals surface area contributed by atoms with Crippen molar-refractivity contribution < 1.29 is 28.6 Å². The number of rotatable bonds is 12. The van der Waals surface area contributed by atoms with Crippen molar-refractivity contribution in [2.75, 3.05) is 50.0 Å². The fourth-order valence-corrected chi connectivity index (χ4v) is 5.16. The van der Waals surface area contributed by atoms with Crippen molar-refractivity contribution in [3.05, 3.63) is 102 Å². The monoisotopic (exact) mass is 728 g/mol. The zero-order valence-corrected chi connectivity index (χ0v) is 31.2. The van der Waals surface area contributed by atoms with Crippen molar-refractivity contribution >= 4 is 56.9 Å². The zero-order valence-electron chi connectivity index (χ0n) is 30.5. The number of methoxy groups -OCH3 is 2. The van der Waals surface area contributed by atoms with Crippen LogP contribution >= 0.6 is 11.6 Å². The third-order valence-corrected chi connectivity index (χ3v) is 7.88. The second-order valence-corrected chi connectivity index (χ2v) is 13.5. The molecule has 5 rings (SSSR count). The number of nitrogens with one attached hydrogen (secondary N) is 3. The SMILES string of the molecule is COCC(=O)Cl.COCC(=O)Nc1cc(C(C)COc2ccc(NC(=O)Nc3cc(C(C)(C)C)nn3-c3ccc(C)cc3)c3ccccc23)ccn1. The van der Waals surface area contributed by atoms with Gasteiger partial charge < -0.3 is 24.8 Å². The second-order valence-electron chi connectivity index (χ2n) is 13.1. The number of fused-ring (bicyclic) bond motifs is 1. The van der Waals surface area contributed by atoms with Crippen molar-refractivity contribution in [3.63, 3.8) is 0 Å². The van der Waals surface area contributed by atoms with Gasteiger partial charge in [0.05, 0.1) is 23.7 Å². The predicted molar refractivity (Wildman–Crippen MR) is 205 cm³/mol. The number of hydrogen-bond donors (Lipinski definition) is 3. The van der Waals surface area contributed by atoms with Gasteiger partial charge in [-0.2, -0.15) is 5.10 Å². The lowest BCUT2D eigenvalue weighted by molar-refractivity contribution is -0.119. The lowest BCUT2D eigenvalue weighted by atomic mass is 9.92. The number of ether oxygens (including phenoxy) is 3. The van der Waals surface area contributed by atoms with Gasteiger partial charge in [-0.1, -0.05) is 69.7 Å². The number of benzene rings is 3. The van der Waals surface area contributed by atoms with Gasteiger partial charge >= 0.3 is 6.03 Å². The van der Waals surface area contributed by atoms with E-state index in [-0.39, 0.29) is 36.5 Å². The van der Waals surface area contributed by atoms with Gasteiger partial charge in [0.1, 0.15) is 30.6 Å². The molecule has 0 radical (unpaired) electrons. The van der Waals surface area contributed by atoms with E-state index in [0.717, 1.165) is 33.3 Å². The summed E-state index contributed by atoms with van der Waals surface area (Å²) in [5.41, 5.74) is 4.28. The van der Waals surface area contributed by atoms with Crippen LogP contribution in [-0.4, -0.2) is 66.0 Å². The van der Waals surface area contributed by atoms with Gasteiger partial charge in [0.15, 0.2) is 0 Å². The first-order valence-corrected chi connectivity index (χ1v) is 17.0. The van der Waals surface area contributed by atoms with E-state index in [9.17, 15) is 14.4 Å². The Morgan fingerprint density at radius 1 is 0.865 bits per heavy atom. The molecule has 12 nitrogen and oxygen atoms in total. The Labute approximate surface area is 308 Å². The fourth-order valence-electron chi connectivity index (χ4n) is 5.05. The van der Waals surface area contributed by atoms with Crippen LogP contribution in [0.1, 0.15) is 50.4 Å². The average Bonchev–Trinajstić information content (AvgIpc) is 3.53. The number of aromatic nitrogens is 3. The summed E-state index contributed by atoms with van der Waals surface area (Å²) in [6, 6.07) is 24.8. The summed E-state index contributed by atoms with van der Waals surface area (Å²) in [7, 11) is 2.89. The molecule has 0 saturated heterocycles. The molecule has 274 valence electrons. The van der Waals surface area contributed by atoms with Crippen LogP contribution in [0.5, 0.6) is 5.75 Å². The van der Waals surface area contributed by atoms with E-state index in [2.05, 4.69) is 46.4 Å². The maximum Gasteiger partial charge on any atom is 0.324 e. The number of hydrogen-bond acceptors (Lipinski definition) is 8. The quantitative estimate of drug-likeness (QED) is 0.110. The smallest absolute Gasteiger partial charge is 0.324 e. The number of carbonyl (C=O) groups is 3. The van der Waals surface area contributed by atoms with Crippen LogP contribution in [0, 0.1) is 6.92 Å². The highest BCUT2D eigenvalue weighted by Gasteiger charge is 2.22. The molecule has 0 saturated carbocycles. The van der Waals surface area contributed by atoms with Gasteiger partial charge in [-0.25, -0.2) is 14.5 Å². The minimum absolute atomic E-state index is 0.00154. The lowest BCUT2D eigenvalue weighted by Gasteiger charge is -2.17. The van der Waals surface area contributed by atoms with E-state index in [0.29, 0.717) is 29.7 Å². The molecular formula is C39H45ClN6O6. The summed E-state index contributed by atoms with van der Waals surface area (Å²) in [6.45, 7) is 10.7. The van der Waals surface area contributed by atoms with E-state index >= 15 is 0 Å². The Morgan fingerprint density at radius 2 is 1.56 bits per heavy atom. The van der Waals surface area contributed by atoms with Crippen LogP contribution in [0.4, 0.5) is 22.1 Å². The lowest BCUT2D eigenvalue weighted by Crippen LogP contribution is -2.21. The number of nitrogens with zero attached hydrogens (tertiary/aromatic N) is 3. The molecule has 13 heteroatoms. The number of carbonyl (C=O) groups excluding carboxylic acids is 3. The van der Waals surface area contributed by atoms with Crippen LogP contribution < -0.4 is 20.7 Å². The van der Waals surface area contributed by atoms with Crippen molar-refractivity contribution in [1.82, 2.24) is 14.8 Å². The van der Waals surface area contributed by atoms with Crippen LogP contribution in [-0.2, 0) is 24.5 Å². The summed E-state index contributed by atoms with van der Waals surface area (Å²) in [6.07, 6.45) is 1.66. The summed E-state index contributed by atoms with van der Waals surface area (Å²) in [5.74, 6) is 1.48. The Morgan fingerprint density at radius 3 is 2.19 bits per heavy atom. The van der Waals surface area contributed by atoms with E-state index in [1.165, 1.54) is 14.2 Å². The number of anilines is 3. The van der Waals surface area contributed by atoms with Gasteiger partial charge in [-0.3, -0.25) is 14.9 Å². The van der Waals surface area contributed by atoms with E-state index in [4.69, 9.17) is 26.2 Å². The maximum atomic E-state index is 13.4. The number of amides is 3. The van der Waals surface area contributed by atoms with Gasteiger partial charge in [-0.15, -0.1) is 0 Å². The topological polar surface area (TPSA) is 146 Å². The number of aryl methyl sites for hydroxylation is 1. The van der Waals surface area contributed by atoms with Crippen LogP contribution in [0.15, 0.2) is 85.1 Å². The first-order chi connectivity index (χ1) is 24.8. The first-order valence-electron chi connectivity index (χ1n) is 16.6. The van der Waals surface area contributed by atoms with Crippen LogP contribution in [0.3, 0.4) is 0 Å². The Hall–Kier alpha value is -5.30. The fraction of sp³-hybridized carbons (Fsp3) is 0.308. The van der Waals surface area contributed by atoms with E-state index in [1.807, 2.05) is 92.7 Å². The molecule has 3 amide bonds. The van der Waals surface area contributed by atoms with Crippen molar-refractivity contribution in [1.29, 1.82) is 0 Å².